The van der Waals surface area contributed by atoms with Gasteiger partial charge in [0.2, 0.25) is 0 Å². The largest absolute Gasteiger partial charge is 0.458 e. The second kappa shape index (κ2) is 26.5. The Balaban J connectivity index is 0.822. The number of nitrogens with zero attached hydrogens (tertiary/aromatic N) is 4. The van der Waals surface area contributed by atoms with Gasteiger partial charge in [-0.3, -0.25) is 0 Å². The van der Waals surface area contributed by atoms with E-state index in [4.69, 9.17) is 9.47 Å². The summed E-state index contributed by atoms with van der Waals surface area (Å²) in [7, 11) is 0. The van der Waals surface area contributed by atoms with Crippen LogP contribution in [0.3, 0.4) is 0 Å². The molecule has 0 radical (unpaired) electrons. The molecule has 8 heteroatoms. The average Bonchev–Trinajstić information content (AvgIpc) is 0.763. The fraction of sp³-hybridized carbons (Fsp3) is 0.143. The Morgan fingerprint density at radius 1 is 0.275 bits per heavy atom. The lowest BCUT2D eigenvalue weighted by Gasteiger charge is -2.45. The Hall–Kier alpha value is -13.6. The highest BCUT2D eigenvalue weighted by atomic mass is 16.5. The molecule has 6 heterocycles. The van der Waals surface area contributed by atoms with E-state index in [9.17, 15) is 0 Å². The first-order valence-electron chi connectivity index (χ1n) is 42.7. The van der Waals surface area contributed by atoms with E-state index < -0.39 is 0 Å². The molecule has 0 fully saturated rings. The number of hydrogen-bond donors (Lipinski definition) is 0. The van der Waals surface area contributed by atoms with Crippen molar-refractivity contribution in [3.8, 4) is 90.0 Å². The first-order valence-corrected chi connectivity index (χ1v) is 42.7. The number of para-hydroxylation sites is 4. The molecule has 0 N–H and O–H groups in total. The predicted molar refractivity (Wildman–Crippen MR) is 507 cm³/mol. The summed E-state index contributed by atoms with van der Waals surface area (Å²) in [5.74, 6) is 3.26. The van der Waals surface area contributed by atoms with Gasteiger partial charge in [-0.15, -0.1) is 0 Å². The smallest absolute Gasteiger partial charge is 0.260 e. The molecular formula is C112H90B2N4O2. The molecule has 0 spiro atoms. The lowest BCUT2D eigenvalue weighted by molar-refractivity contribution is 0.333. The van der Waals surface area contributed by atoms with Crippen molar-refractivity contribution in [2.24, 2.45) is 0 Å². The lowest BCUT2D eigenvalue weighted by atomic mass is 9.33. The van der Waals surface area contributed by atoms with Crippen LogP contribution in [0.1, 0.15) is 104 Å². The van der Waals surface area contributed by atoms with Gasteiger partial charge in [0.25, 0.3) is 13.4 Å². The third-order valence-corrected chi connectivity index (χ3v) is 27.1. The van der Waals surface area contributed by atoms with Gasteiger partial charge in [-0.1, -0.05) is 288 Å². The zero-order chi connectivity index (χ0) is 81.0. The summed E-state index contributed by atoms with van der Waals surface area (Å²) in [5.41, 5.74) is 36.7. The Bertz CT molecular complexity index is 7140. The van der Waals surface area contributed by atoms with Crippen molar-refractivity contribution in [3.63, 3.8) is 0 Å². The highest BCUT2D eigenvalue weighted by Crippen LogP contribution is 2.54. The first kappa shape index (κ1) is 71.7. The molecule has 23 rings (SSSR count). The van der Waals surface area contributed by atoms with Crippen LogP contribution in [0.5, 0.6) is 23.0 Å². The predicted octanol–water partition coefficient (Wildman–Crippen LogP) is 26.0. The number of fused-ring (bicyclic) bond motifs is 15. The molecular weight excluding hydrogens is 1450 g/mol. The van der Waals surface area contributed by atoms with Gasteiger partial charge in [0.1, 0.15) is 23.0 Å². The van der Waals surface area contributed by atoms with E-state index in [1.807, 2.05) is 0 Å². The standard InChI is InChI=1S/C112H90B2N4O2/c1-109(2,3)77-46-52-96-86(65-77)87-66-78(110(4,5)6)47-53-97(87)116(96)80-49-51-90-99(68-80)118(93-41-24-20-35-82(93)71-33-18-13-19-34-71)101-62-75(76-63-104-108-105(64-76)120-103-54-45-72(60-92(103)114(108)91-40-23-27-44-102(91)119-104)83-38-28-39-88-106(83)112(9,10)56-55-111(88,7)8)61-100-107(101)113(90)89-50-48-79(115-94-42-25-21-36-84(94)85-37-22-26-43-95(85)115)67-98(89)117(100)81-58-73(69-29-14-11-15-30-69)57-74(59-81)70-31-16-12-17-32-70/h11-54,57-68H,55-56H2,1-10H3. The van der Waals surface area contributed by atoms with E-state index in [-0.39, 0.29) is 35.1 Å². The fourth-order valence-corrected chi connectivity index (χ4v) is 21.0. The van der Waals surface area contributed by atoms with Crippen molar-refractivity contribution < 1.29 is 9.47 Å². The van der Waals surface area contributed by atoms with Crippen molar-refractivity contribution in [2.45, 2.75) is 104 Å². The Morgan fingerprint density at radius 2 is 0.750 bits per heavy atom. The van der Waals surface area contributed by atoms with E-state index in [2.05, 4.69) is 428 Å². The van der Waals surface area contributed by atoms with Crippen LogP contribution in [-0.4, -0.2) is 22.6 Å². The van der Waals surface area contributed by atoms with Crippen LogP contribution in [0, 0.1) is 0 Å². The van der Waals surface area contributed by atoms with Gasteiger partial charge in [-0.05, 0) is 255 Å². The number of benzene rings is 16. The summed E-state index contributed by atoms with van der Waals surface area (Å²) < 4.78 is 20.1. The second-order valence-corrected chi connectivity index (χ2v) is 37.4. The molecule has 0 saturated heterocycles. The summed E-state index contributed by atoms with van der Waals surface area (Å²) in [6, 6.07) is 129. The van der Waals surface area contributed by atoms with Gasteiger partial charge in [-0.25, -0.2) is 0 Å². The van der Waals surface area contributed by atoms with E-state index in [1.165, 1.54) is 82.3 Å². The van der Waals surface area contributed by atoms with Crippen molar-refractivity contribution in [2.75, 3.05) is 9.80 Å². The Morgan fingerprint density at radius 3 is 1.35 bits per heavy atom. The normalized spacial score (nSPS) is 14.6. The Kier molecular flexibility index (Phi) is 15.8. The third kappa shape index (κ3) is 11.2. The van der Waals surface area contributed by atoms with Crippen molar-refractivity contribution in [3.05, 3.63) is 362 Å². The molecule has 120 heavy (non-hydrogen) atoms. The minimum absolute atomic E-state index is 0.00435. The van der Waals surface area contributed by atoms with E-state index in [0.717, 1.165) is 153 Å². The first-order chi connectivity index (χ1) is 58.2. The molecule has 0 amide bonds. The van der Waals surface area contributed by atoms with Gasteiger partial charge in [-0.2, -0.15) is 0 Å². The molecule has 576 valence electrons. The van der Waals surface area contributed by atoms with Gasteiger partial charge >= 0.3 is 0 Å². The quantitative estimate of drug-likeness (QED) is 0.135. The van der Waals surface area contributed by atoms with Crippen LogP contribution < -0.4 is 52.1 Å². The topological polar surface area (TPSA) is 34.8 Å². The van der Waals surface area contributed by atoms with Crippen molar-refractivity contribution in [1.29, 1.82) is 0 Å². The molecule has 2 aromatic heterocycles. The van der Waals surface area contributed by atoms with Gasteiger partial charge in [0, 0.05) is 72.4 Å². The maximum Gasteiger partial charge on any atom is 0.260 e. The summed E-state index contributed by atoms with van der Waals surface area (Å²) in [4.78, 5) is 5.26. The summed E-state index contributed by atoms with van der Waals surface area (Å²) in [6.45, 7) is 23.2. The molecule has 0 atom stereocenters. The fourth-order valence-electron chi connectivity index (χ4n) is 21.0. The summed E-state index contributed by atoms with van der Waals surface area (Å²) in [6.07, 6.45) is 2.27. The highest BCUT2D eigenvalue weighted by Gasteiger charge is 2.47. The molecule has 16 aromatic carbocycles. The van der Waals surface area contributed by atoms with Crippen LogP contribution in [-0.2, 0) is 21.7 Å². The maximum atomic E-state index is 7.59. The number of rotatable bonds is 9. The van der Waals surface area contributed by atoms with Gasteiger partial charge in [0.05, 0.1) is 27.8 Å². The minimum atomic E-state index is -0.284. The molecule has 5 aliphatic rings. The van der Waals surface area contributed by atoms with E-state index >= 15 is 0 Å². The second-order valence-electron chi connectivity index (χ2n) is 37.4. The monoisotopic (exact) mass is 1540 g/mol. The van der Waals surface area contributed by atoms with E-state index in [0.29, 0.717) is 0 Å². The highest BCUT2D eigenvalue weighted by molar-refractivity contribution is 7.00. The molecule has 0 bridgehead atoms. The van der Waals surface area contributed by atoms with Gasteiger partial charge in [0.15, 0.2) is 0 Å². The van der Waals surface area contributed by atoms with Crippen LogP contribution in [0.4, 0.5) is 34.1 Å². The number of ether oxygens (including phenoxy) is 2. The molecule has 18 aromatic rings. The molecule has 0 unspecified atom stereocenters. The SMILES string of the molecule is CC(C)(C)c1ccc2c(c1)c1cc(C(C)(C)C)ccc1n2-c1ccc2c(c1)N(c1ccccc1-c1ccccc1)c1cc(-c3cc4c5c(c3)Oc3ccc(-c6cccc7c6C(C)(C)CCC7(C)C)cc3B5c3ccccc3O4)cc3c1B2c1ccc(-n2c4ccccc4c4ccccc42)cc1N3c1cc(-c2ccccc2)cc(-c2ccccc2)c1. The van der Waals surface area contributed by atoms with Crippen LogP contribution in [0.15, 0.2) is 340 Å². The van der Waals surface area contributed by atoms with Crippen molar-refractivity contribution >= 4 is 124 Å². The number of hydrogen-bond acceptors (Lipinski definition) is 4. The average molecular weight is 1550 g/mol. The zero-order valence-electron chi connectivity index (χ0n) is 69.5. The molecule has 1 aliphatic carbocycles. The summed E-state index contributed by atoms with van der Waals surface area (Å²) in [5, 5.41) is 4.92. The van der Waals surface area contributed by atoms with Crippen molar-refractivity contribution in [1.82, 2.24) is 9.13 Å². The molecule has 0 saturated carbocycles. The third-order valence-electron chi connectivity index (χ3n) is 27.1. The summed E-state index contributed by atoms with van der Waals surface area (Å²) >= 11 is 0. The Labute approximate surface area is 703 Å². The van der Waals surface area contributed by atoms with Crippen LogP contribution in [0.25, 0.3) is 111 Å². The van der Waals surface area contributed by atoms with Gasteiger partial charge < -0.3 is 28.4 Å². The maximum absolute atomic E-state index is 7.59. The molecule has 4 aliphatic heterocycles. The van der Waals surface area contributed by atoms with E-state index in [1.54, 1.807) is 0 Å². The minimum Gasteiger partial charge on any atom is -0.458 e. The van der Waals surface area contributed by atoms with Crippen LogP contribution in [0.2, 0.25) is 0 Å². The lowest BCUT2D eigenvalue weighted by Crippen LogP contribution is -2.61. The zero-order valence-corrected chi connectivity index (χ0v) is 69.5. The molecule has 6 nitrogen and oxygen atoms in total. The van der Waals surface area contributed by atoms with Crippen LogP contribution >= 0.6 is 0 Å². The number of aromatic nitrogens is 2. The number of anilines is 6.